The SMILES string of the molecule is CC[C@@H](C)NC(=O)[C@H](C)N(Cc1c(Cl)cccc1Cl)C(=O)CN(c1ccc(F)cc1)S(=O)(=O)c1ccc(C)cc1. The smallest absolute Gasteiger partial charge is 0.264 e. The molecule has 0 unspecified atom stereocenters. The Morgan fingerprint density at radius 1 is 0.950 bits per heavy atom. The molecule has 0 spiro atoms. The van der Waals surface area contributed by atoms with Gasteiger partial charge in [0.25, 0.3) is 10.0 Å². The van der Waals surface area contributed by atoms with Crippen molar-refractivity contribution in [2.45, 2.75) is 57.6 Å². The zero-order chi connectivity index (χ0) is 29.6. The molecule has 0 fully saturated rings. The summed E-state index contributed by atoms with van der Waals surface area (Å²) < 4.78 is 42.2. The molecule has 3 aromatic carbocycles. The lowest BCUT2D eigenvalue weighted by Gasteiger charge is -2.32. The van der Waals surface area contributed by atoms with Gasteiger partial charge in [0.05, 0.1) is 10.6 Å². The highest BCUT2D eigenvalue weighted by Crippen LogP contribution is 2.28. The molecule has 2 amide bonds. The van der Waals surface area contributed by atoms with Crippen molar-refractivity contribution in [3.63, 3.8) is 0 Å². The number of halogens is 3. The Kier molecular flexibility index (Phi) is 10.6. The van der Waals surface area contributed by atoms with E-state index >= 15 is 0 Å². The van der Waals surface area contributed by atoms with E-state index in [-0.39, 0.29) is 23.2 Å². The lowest BCUT2D eigenvalue weighted by Crippen LogP contribution is -2.52. The highest BCUT2D eigenvalue weighted by atomic mass is 35.5. The zero-order valence-electron chi connectivity index (χ0n) is 22.7. The average molecular weight is 609 g/mol. The fourth-order valence-corrected chi connectivity index (χ4v) is 5.81. The van der Waals surface area contributed by atoms with Crippen LogP contribution in [0.4, 0.5) is 10.1 Å². The molecule has 0 radical (unpaired) electrons. The summed E-state index contributed by atoms with van der Waals surface area (Å²) >= 11 is 12.8. The zero-order valence-corrected chi connectivity index (χ0v) is 25.0. The molecular formula is C29H32Cl2FN3O4S. The highest BCUT2D eigenvalue weighted by molar-refractivity contribution is 7.92. The van der Waals surface area contributed by atoms with E-state index in [0.29, 0.717) is 22.0 Å². The lowest BCUT2D eigenvalue weighted by molar-refractivity contribution is -0.139. The summed E-state index contributed by atoms with van der Waals surface area (Å²) in [6.07, 6.45) is 0.676. The van der Waals surface area contributed by atoms with Crippen LogP contribution in [0.15, 0.2) is 71.6 Å². The van der Waals surface area contributed by atoms with Crippen LogP contribution in [-0.2, 0) is 26.2 Å². The van der Waals surface area contributed by atoms with E-state index in [1.807, 2.05) is 20.8 Å². The molecule has 40 heavy (non-hydrogen) atoms. The van der Waals surface area contributed by atoms with E-state index in [9.17, 15) is 22.4 Å². The molecule has 3 rings (SSSR count). The predicted octanol–water partition coefficient (Wildman–Crippen LogP) is 5.97. The summed E-state index contributed by atoms with van der Waals surface area (Å²) in [6, 6.07) is 14.7. The third kappa shape index (κ3) is 7.53. The van der Waals surface area contributed by atoms with Crippen LogP contribution in [-0.4, -0.2) is 43.8 Å². The number of carbonyl (C=O) groups excluding carboxylic acids is 2. The first-order valence-electron chi connectivity index (χ1n) is 12.7. The normalized spacial score (nSPS) is 12.9. The van der Waals surface area contributed by atoms with Crippen LogP contribution >= 0.6 is 23.2 Å². The van der Waals surface area contributed by atoms with Gasteiger partial charge in [0.15, 0.2) is 0 Å². The molecule has 0 aliphatic rings. The maximum atomic E-state index is 13.9. The number of carbonyl (C=O) groups is 2. The van der Waals surface area contributed by atoms with E-state index < -0.39 is 40.2 Å². The maximum absolute atomic E-state index is 13.9. The van der Waals surface area contributed by atoms with Gasteiger partial charge in [-0.25, -0.2) is 12.8 Å². The first-order valence-corrected chi connectivity index (χ1v) is 14.9. The van der Waals surface area contributed by atoms with Gasteiger partial charge >= 0.3 is 0 Å². The van der Waals surface area contributed by atoms with Crippen LogP contribution in [0.25, 0.3) is 0 Å². The summed E-state index contributed by atoms with van der Waals surface area (Å²) in [7, 11) is -4.26. The number of sulfonamides is 1. The van der Waals surface area contributed by atoms with Gasteiger partial charge in [-0.1, -0.05) is 53.9 Å². The molecule has 0 aliphatic carbocycles. The summed E-state index contributed by atoms with van der Waals surface area (Å²) in [5.74, 6) is -1.66. The van der Waals surface area contributed by atoms with E-state index in [1.54, 1.807) is 37.3 Å². The van der Waals surface area contributed by atoms with Crippen LogP contribution in [0.3, 0.4) is 0 Å². The Bertz CT molecular complexity index is 1430. The Morgan fingerprint density at radius 3 is 2.08 bits per heavy atom. The van der Waals surface area contributed by atoms with Crippen LogP contribution in [0.1, 0.15) is 38.3 Å². The maximum Gasteiger partial charge on any atom is 0.264 e. The summed E-state index contributed by atoms with van der Waals surface area (Å²) in [5, 5.41) is 3.45. The minimum atomic E-state index is -4.26. The molecule has 2 atom stereocenters. The third-order valence-electron chi connectivity index (χ3n) is 6.56. The molecule has 214 valence electrons. The lowest BCUT2D eigenvalue weighted by atomic mass is 10.1. The van der Waals surface area contributed by atoms with Crippen molar-refractivity contribution in [3.05, 3.63) is 93.7 Å². The number of hydrogen-bond donors (Lipinski definition) is 1. The van der Waals surface area contributed by atoms with Gasteiger partial charge in [0.2, 0.25) is 11.8 Å². The summed E-state index contributed by atoms with van der Waals surface area (Å²) in [6.45, 7) is 6.32. The second-order valence-corrected chi connectivity index (χ2v) is 12.2. The second kappa shape index (κ2) is 13.5. The fourth-order valence-electron chi connectivity index (χ4n) is 3.88. The summed E-state index contributed by atoms with van der Waals surface area (Å²) in [5.41, 5.74) is 1.35. The number of nitrogens with zero attached hydrogens (tertiary/aromatic N) is 2. The van der Waals surface area contributed by atoms with E-state index in [4.69, 9.17) is 23.2 Å². The fraction of sp³-hybridized carbons (Fsp3) is 0.310. The molecule has 0 saturated carbocycles. The largest absolute Gasteiger partial charge is 0.352 e. The third-order valence-corrected chi connectivity index (χ3v) is 9.06. The Hall–Kier alpha value is -3.14. The first kappa shape index (κ1) is 31.4. The highest BCUT2D eigenvalue weighted by Gasteiger charge is 2.33. The molecule has 11 heteroatoms. The topological polar surface area (TPSA) is 86.8 Å². The van der Waals surface area contributed by atoms with Gasteiger partial charge in [0, 0.05) is 28.2 Å². The molecule has 0 aromatic heterocycles. The van der Waals surface area contributed by atoms with Crippen molar-refractivity contribution in [2.75, 3.05) is 10.8 Å². The number of benzene rings is 3. The number of anilines is 1. The van der Waals surface area contributed by atoms with Crippen LogP contribution in [0.2, 0.25) is 10.0 Å². The van der Waals surface area contributed by atoms with Gasteiger partial charge in [-0.15, -0.1) is 0 Å². The second-order valence-electron chi connectivity index (χ2n) is 9.52. The minimum absolute atomic E-state index is 0.0431. The van der Waals surface area contributed by atoms with Gasteiger partial charge in [-0.05, 0) is 75.7 Å². The van der Waals surface area contributed by atoms with Gasteiger partial charge in [0.1, 0.15) is 18.4 Å². The van der Waals surface area contributed by atoms with Crippen LogP contribution < -0.4 is 9.62 Å². The van der Waals surface area contributed by atoms with Crippen molar-refractivity contribution in [1.29, 1.82) is 0 Å². The molecule has 7 nitrogen and oxygen atoms in total. The van der Waals surface area contributed by atoms with Gasteiger partial charge in [-0.3, -0.25) is 13.9 Å². The number of hydrogen-bond acceptors (Lipinski definition) is 4. The molecule has 0 heterocycles. The van der Waals surface area contributed by atoms with Crippen LogP contribution in [0.5, 0.6) is 0 Å². The number of amides is 2. The Morgan fingerprint density at radius 2 is 1.52 bits per heavy atom. The van der Waals surface area contributed by atoms with Crippen molar-refractivity contribution in [1.82, 2.24) is 10.2 Å². The number of rotatable bonds is 11. The quantitative estimate of drug-likeness (QED) is 0.291. The number of aryl methyl sites for hydroxylation is 1. The van der Waals surface area contributed by atoms with Crippen LogP contribution in [0, 0.1) is 12.7 Å². The van der Waals surface area contributed by atoms with Crippen molar-refractivity contribution < 1.29 is 22.4 Å². The summed E-state index contributed by atoms with van der Waals surface area (Å²) in [4.78, 5) is 28.3. The van der Waals surface area contributed by atoms with Gasteiger partial charge in [-0.2, -0.15) is 0 Å². The van der Waals surface area contributed by atoms with Gasteiger partial charge < -0.3 is 10.2 Å². The molecule has 1 N–H and O–H groups in total. The average Bonchev–Trinajstić information content (AvgIpc) is 2.91. The van der Waals surface area contributed by atoms with Crippen molar-refractivity contribution in [2.24, 2.45) is 0 Å². The molecule has 0 bridgehead atoms. The molecule has 0 aliphatic heterocycles. The van der Waals surface area contributed by atoms with Crippen molar-refractivity contribution in [3.8, 4) is 0 Å². The van der Waals surface area contributed by atoms with E-state index in [0.717, 1.165) is 22.0 Å². The number of nitrogens with one attached hydrogen (secondary N) is 1. The van der Waals surface area contributed by atoms with E-state index in [2.05, 4.69) is 5.32 Å². The van der Waals surface area contributed by atoms with Crippen molar-refractivity contribution >= 4 is 50.7 Å². The Balaban J connectivity index is 2.06. The Labute approximate surface area is 244 Å². The molecule has 0 saturated heterocycles. The minimum Gasteiger partial charge on any atom is -0.352 e. The molecule has 3 aromatic rings. The monoisotopic (exact) mass is 607 g/mol. The van der Waals surface area contributed by atoms with E-state index in [1.165, 1.54) is 29.2 Å². The first-order chi connectivity index (χ1) is 18.8. The standard InChI is InChI=1S/C29H32Cl2FN3O4S/c1-5-20(3)33-29(37)21(4)34(17-25-26(30)7-6-8-27(25)31)28(36)18-35(23-13-11-22(32)12-14-23)40(38,39)24-15-9-19(2)10-16-24/h6-16,20-21H,5,17-18H2,1-4H3,(H,33,37)/t20-,21+/m1/s1. The predicted molar refractivity (Wildman–Crippen MR) is 156 cm³/mol. The molecular weight excluding hydrogens is 576 g/mol.